The van der Waals surface area contributed by atoms with Crippen molar-refractivity contribution in [3.8, 4) is 0 Å². The molecule has 0 radical (unpaired) electrons. The number of hydrogen-bond donors (Lipinski definition) is 3. The molecule has 3 unspecified atom stereocenters. The van der Waals surface area contributed by atoms with Crippen molar-refractivity contribution in [1.82, 2.24) is 0 Å². The summed E-state index contributed by atoms with van der Waals surface area (Å²) >= 11 is 0. The summed E-state index contributed by atoms with van der Waals surface area (Å²) in [7, 11) is -4.32. The van der Waals surface area contributed by atoms with Gasteiger partial charge in [0.2, 0.25) is 0 Å². The molecule has 296 valence electrons. The lowest BCUT2D eigenvalue weighted by molar-refractivity contribution is -0.153. The SMILES string of the molecule is CCCCCCCCCCCCCC/C=C\OCC(COP(=O)(O)OCCN)OC(=O)CCC/C=C\C/C=C\C/C=C\C=C\C(O)CCCCC. The van der Waals surface area contributed by atoms with Gasteiger partial charge in [-0.3, -0.25) is 13.8 Å². The van der Waals surface area contributed by atoms with Crippen LogP contribution in [0.25, 0.3) is 0 Å². The zero-order valence-electron chi connectivity index (χ0n) is 32.2. The van der Waals surface area contributed by atoms with E-state index in [1.807, 2.05) is 36.5 Å². The Morgan fingerprint density at radius 1 is 0.706 bits per heavy atom. The number of aliphatic hydroxyl groups is 1. The van der Waals surface area contributed by atoms with Crippen molar-refractivity contribution in [2.24, 2.45) is 5.73 Å². The van der Waals surface area contributed by atoms with E-state index in [0.717, 1.165) is 57.8 Å². The first-order chi connectivity index (χ1) is 24.8. The van der Waals surface area contributed by atoms with E-state index in [1.165, 1.54) is 70.6 Å². The van der Waals surface area contributed by atoms with Crippen LogP contribution in [-0.4, -0.2) is 54.5 Å². The van der Waals surface area contributed by atoms with E-state index in [2.05, 4.69) is 32.1 Å². The molecule has 0 bridgehead atoms. The van der Waals surface area contributed by atoms with Crippen molar-refractivity contribution >= 4 is 13.8 Å². The van der Waals surface area contributed by atoms with Crippen LogP contribution in [0.5, 0.6) is 0 Å². The lowest BCUT2D eigenvalue weighted by Gasteiger charge is -2.19. The summed E-state index contributed by atoms with van der Waals surface area (Å²) in [6, 6.07) is 0. The summed E-state index contributed by atoms with van der Waals surface area (Å²) < 4.78 is 33.0. The van der Waals surface area contributed by atoms with Gasteiger partial charge in [0.05, 0.1) is 25.6 Å². The van der Waals surface area contributed by atoms with Crippen LogP contribution in [0.1, 0.15) is 155 Å². The third-order valence-corrected chi connectivity index (χ3v) is 9.09. The van der Waals surface area contributed by atoms with E-state index in [-0.39, 0.29) is 38.9 Å². The smallest absolute Gasteiger partial charge is 0.472 e. The summed E-state index contributed by atoms with van der Waals surface area (Å²) in [6.07, 6.45) is 42.3. The van der Waals surface area contributed by atoms with Gasteiger partial charge in [-0.2, -0.15) is 0 Å². The molecule has 0 rings (SSSR count). The number of phosphoric ester groups is 1. The van der Waals surface area contributed by atoms with Crippen molar-refractivity contribution in [2.45, 2.75) is 167 Å². The number of nitrogens with two attached hydrogens (primary N) is 1. The highest BCUT2D eigenvalue weighted by Gasteiger charge is 2.25. The highest BCUT2D eigenvalue weighted by atomic mass is 31.2. The lowest BCUT2D eigenvalue weighted by atomic mass is 10.0. The van der Waals surface area contributed by atoms with Gasteiger partial charge in [0.1, 0.15) is 6.61 Å². The molecule has 0 aromatic rings. The Labute approximate surface area is 311 Å². The normalized spacial score (nSPS) is 14.8. The third-order valence-electron chi connectivity index (χ3n) is 8.11. The van der Waals surface area contributed by atoms with Crippen LogP contribution in [0.3, 0.4) is 0 Å². The van der Waals surface area contributed by atoms with Crippen LogP contribution in [0.4, 0.5) is 0 Å². The quantitative estimate of drug-likeness (QED) is 0.0142. The fourth-order valence-corrected chi connectivity index (χ4v) is 5.89. The van der Waals surface area contributed by atoms with Gasteiger partial charge >= 0.3 is 13.8 Å². The minimum Gasteiger partial charge on any atom is -0.498 e. The second kappa shape index (κ2) is 37.7. The van der Waals surface area contributed by atoms with Crippen LogP contribution in [-0.2, 0) is 27.9 Å². The molecule has 0 spiro atoms. The van der Waals surface area contributed by atoms with E-state index >= 15 is 0 Å². The number of unbranched alkanes of at least 4 members (excludes halogenated alkanes) is 15. The van der Waals surface area contributed by atoms with Gasteiger partial charge in [-0.15, -0.1) is 0 Å². The molecule has 9 nitrogen and oxygen atoms in total. The number of carbonyl (C=O) groups is 1. The van der Waals surface area contributed by atoms with Gasteiger partial charge in [0.15, 0.2) is 6.10 Å². The number of hydrogen-bond acceptors (Lipinski definition) is 8. The largest absolute Gasteiger partial charge is 0.498 e. The molecule has 0 aliphatic heterocycles. The Balaban J connectivity index is 4.29. The maximum atomic E-state index is 12.5. The Morgan fingerprint density at radius 3 is 1.96 bits per heavy atom. The minimum atomic E-state index is -4.32. The summed E-state index contributed by atoms with van der Waals surface area (Å²) in [5.41, 5.74) is 5.34. The van der Waals surface area contributed by atoms with Crippen LogP contribution in [0, 0.1) is 0 Å². The fraction of sp³-hybridized carbons (Fsp3) is 0.732. The monoisotopic (exact) mass is 740 g/mol. The minimum absolute atomic E-state index is 0.00368. The second-order valence-corrected chi connectivity index (χ2v) is 14.5. The maximum absolute atomic E-state index is 12.5. The van der Waals surface area contributed by atoms with E-state index in [0.29, 0.717) is 6.42 Å². The summed E-state index contributed by atoms with van der Waals surface area (Å²) in [5.74, 6) is -0.425. The Bertz CT molecular complexity index is 981. The van der Waals surface area contributed by atoms with Crippen LogP contribution < -0.4 is 5.73 Å². The van der Waals surface area contributed by atoms with Crippen molar-refractivity contribution in [2.75, 3.05) is 26.4 Å². The predicted molar refractivity (Wildman–Crippen MR) is 211 cm³/mol. The number of ether oxygens (including phenoxy) is 2. The highest BCUT2D eigenvalue weighted by Crippen LogP contribution is 2.43. The molecule has 0 heterocycles. The van der Waals surface area contributed by atoms with Crippen LogP contribution in [0.15, 0.2) is 60.9 Å². The topological polar surface area (TPSA) is 138 Å². The number of rotatable bonds is 37. The van der Waals surface area contributed by atoms with Crippen molar-refractivity contribution in [1.29, 1.82) is 0 Å². The molecule has 3 atom stereocenters. The lowest BCUT2D eigenvalue weighted by Crippen LogP contribution is -2.27. The first kappa shape index (κ1) is 49.0. The first-order valence-corrected chi connectivity index (χ1v) is 21.4. The van der Waals surface area contributed by atoms with Crippen LogP contribution in [0.2, 0.25) is 0 Å². The predicted octanol–water partition coefficient (Wildman–Crippen LogP) is 10.7. The average Bonchev–Trinajstić information content (AvgIpc) is 3.11. The summed E-state index contributed by atoms with van der Waals surface area (Å²) in [4.78, 5) is 22.4. The maximum Gasteiger partial charge on any atom is 0.472 e. The zero-order valence-corrected chi connectivity index (χ0v) is 33.1. The molecule has 0 aromatic carbocycles. The number of aliphatic hydroxyl groups excluding tert-OH is 1. The van der Waals surface area contributed by atoms with Gasteiger partial charge < -0.3 is 25.2 Å². The molecule has 4 N–H and O–H groups in total. The molecule has 0 aliphatic rings. The fourth-order valence-electron chi connectivity index (χ4n) is 5.12. The second-order valence-electron chi connectivity index (χ2n) is 13.1. The molecule has 0 fully saturated rings. The molecule has 0 aliphatic carbocycles. The average molecular weight is 740 g/mol. The summed E-state index contributed by atoms with van der Waals surface area (Å²) in [6.45, 7) is 4.02. The van der Waals surface area contributed by atoms with Crippen LogP contribution >= 0.6 is 7.82 Å². The number of carbonyl (C=O) groups excluding carboxylic acids is 1. The number of esters is 1. The standard InChI is InChI=1S/C41H74NO8P/c1-3-5-7-8-9-10-11-12-13-17-20-23-26-30-35-47-37-40(38-49-51(45,46)48-36-34-42)50-41(44)33-29-25-22-19-16-14-15-18-21-24-28-32-39(43)31-27-6-4-2/h14-15,19,21-22,24,28,30,32,35,39-40,43H,3-13,16-18,20,23,25-27,29,31,33-34,36-38,42H2,1-2H3,(H,45,46)/b15-14-,22-19-,24-21-,32-28+,35-30-. The Morgan fingerprint density at radius 2 is 1.29 bits per heavy atom. The number of allylic oxidation sites excluding steroid dienone is 8. The zero-order chi connectivity index (χ0) is 37.5. The molecule has 0 saturated heterocycles. The van der Waals surface area contributed by atoms with E-state index < -0.39 is 19.9 Å². The number of phosphoric acid groups is 1. The molecule has 10 heteroatoms. The first-order valence-electron chi connectivity index (χ1n) is 19.9. The Hall–Kier alpha value is -2.00. The molecular weight excluding hydrogens is 665 g/mol. The van der Waals surface area contributed by atoms with Gasteiger partial charge in [-0.1, -0.05) is 152 Å². The third kappa shape index (κ3) is 37.6. The van der Waals surface area contributed by atoms with E-state index in [1.54, 1.807) is 6.26 Å². The molecule has 0 aromatic heterocycles. The highest BCUT2D eigenvalue weighted by molar-refractivity contribution is 7.47. The van der Waals surface area contributed by atoms with Gasteiger partial charge in [-0.25, -0.2) is 4.57 Å². The van der Waals surface area contributed by atoms with E-state index in [9.17, 15) is 19.4 Å². The van der Waals surface area contributed by atoms with Gasteiger partial charge in [0.25, 0.3) is 0 Å². The van der Waals surface area contributed by atoms with E-state index in [4.69, 9.17) is 24.3 Å². The van der Waals surface area contributed by atoms with Crippen molar-refractivity contribution < 1.29 is 37.9 Å². The molecule has 0 saturated carbocycles. The molecule has 0 amide bonds. The Kier molecular flexibility index (Phi) is 36.3. The van der Waals surface area contributed by atoms with Crippen molar-refractivity contribution in [3.05, 3.63) is 60.9 Å². The molecular formula is C41H74NO8P. The van der Waals surface area contributed by atoms with Crippen molar-refractivity contribution in [3.63, 3.8) is 0 Å². The molecule has 51 heavy (non-hydrogen) atoms. The van der Waals surface area contributed by atoms with Gasteiger partial charge in [0, 0.05) is 13.0 Å². The summed E-state index contributed by atoms with van der Waals surface area (Å²) in [5, 5.41) is 9.88. The van der Waals surface area contributed by atoms with Gasteiger partial charge in [-0.05, 0) is 51.0 Å².